The number of hydrogen-bond acceptors (Lipinski definition) is 4. The Morgan fingerprint density at radius 2 is 0.816 bits per heavy atom. The zero-order valence-electron chi connectivity index (χ0n) is 31.0. The standard InChI is InChI=1S/C45H60O4/c1-7-10-19-36-22-13-16-25-43(36)47-33(4)30-39-28-29-42(46)41(32-35(6)49-45-27-18-15-24-38(45)21-12-9-3)40(39)31-34(5)48-44-26-17-14-23-37(44)20-11-8-2/h13-18,22-29,33-35,46H,7-12,19-21,30-32H2,1-6H3. The minimum Gasteiger partial charge on any atom is -0.508 e. The molecular weight excluding hydrogens is 604 g/mol. The molecule has 49 heavy (non-hydrogen) atoms. The van der Waals surface area contributed by atoms with E-state index >= 15 is 0 Å². The van der Waals surface area contributed by atoms with Crippen molar-refractivity contribution in [2.45, 2.75) is 137 Å². The summed E-state index contributed by atoms with van der Waals surface area (Å²) in [7, 11) is 0. The number of benzene rings is 4. The molecule has 0 amide bonds. The van der Waals surface area contributed by atoms with Crippen LogP contribution in [0, 0.1) is 0 Å². The lowest BCUT2D eigenvalue weighted by atomic mass is 9.90. The smallest absolute Gasteiger partial charge is 0.122 e. The van der Waals surface area contributed by atoms with Gasteiger partial charge in [0, 0.05) is 24.8 Å². The van der Waals surface area contributed by atoms with Gasteiger partial charge in [0.25, 0.3) is 0 Å². The number of hydrogen-bond donors (Lipinski definition) is 1. The molecule has 0 saturated heterocycles. The predicted octanol–water partition coefficient (Wildman–Crippen LogP) is 11.4. The second-order valence-corrected chi connectivity index (χ2v) is 13.7. The van der Waals surface area contributed by atoms with Crippen molar-refractivity contribution >= 4 is 0 Å². The van der Waals surface area contributed by atoms with Crippen LogP contribution in [0.3, 0.4) is 0 Å². The maximum absolute atomic E-state index is 11.4. The number of aryl methyl sites for hydroxylation is 3. The molecule has 0 aliphatic carbocycles. The second kappa shape index (κ2) is 19.9. The fourth-order valence-electron chi connectivity index (χ4n) is 6.64. The Labute approximate surface area is 296 Å². The monoisotopic (exact) mass is 664 g/mol. The molecule has 264 valence electrons. The van der Waals surface area contributed by atoms with Crippen LogP contribution in [0.15, 0.2) is 84.9 Å². The highest BCUT2D eigenvalue weighted by atomic mass is 16.5. The molecule has 0 aliphatic heterocycles. The van der Waals surface area contributed by atoms with Gasteiger partial charge in [-0.3, -0.25) is 0 Å². The van der Waals surface area contributed by atoms with Crippen LogP contribution in [-0.2, 0) is 38.5 Å². The molecule has 0 radical (unpaired) electrons. The molecule has 0 saturated carbocycles. The van der Waals surface area contributed by atoms with Crippen LogP contribution in [0.4, 0.5) is 0 Å². The summed E-state index contributed by atoms with van der Waals surface area (Å²) in [5.41, 5.74) is 6.99. The molecule has 3 atom stereocenters. The van der Waals surface area contributed by atoms with E-state index in [0.29, 0.717) is 18.6 Å². The summed E-state index contributed by atoms with van der Waals surface area (Å²) in [6.07, 6.45) is 11.6. The van der Waals surface area contributed by atoms with Crippen molar-refractivity contribution in [1.29, 1.82) is 0 Å². The number of unbranched alkanes of at least 4 members (excludes halogenated alkanes) is 3. The van der Waals surface area contributed by atoms with E-state index in [9.17, 15) is 5.11 Å². The molecule has 0 fully saturated rings. The van der Waals surface area contributed by atoms with Gasteiger partial charge in [0.1, 0.15) is 29.1 Å². The van der Waals surface area contributed by atoms with Gasteiger partial charge in [-0.05, 0) is 111 Å². The van der Waals surface area contributed by atoms with Crippen molar-refractivity contribution in [3.63, 3.8) is 0 Å². The van der Waals surface area contributed by atoms with Crippen molar-refractivity contribution in [1.82, 2.24) is 0 Å². The molecule has 0 aromatic heterocycles. The first-order chi connectivity index (χ1) is 23.8. The van der Waals surface area contributed by atoms with Gasteiger partial charge in [0.15, 0.2) is 0 Å². The third-order valence-corrected chi connectivity index (χ3v) is 9.30. The normalized spacial score (nSPS) is 13.1. The third-order valence-electron chi connectivity index (χ3n) is 9.30. The summed E-state index contributed by atoms with van der Waals surface area (Å²) in [4.78, 5) is 0. The van der Waals surface area contributed by atoms with Crippen LogP contribution < -0.4 is 14.2 Å². The first-order valence-electron chi connectivity index (χ1n) is 18.9. The minimum atomic E-state index is -0.132. The maximum Gasteiger partial charge on any atom is 0.122 e. The van der Waals surface area contributed by atoms with Crippen molar-refractivity contribution in [3.05, 3.63) is 118 Å². The van der Waals surface area contributed by atoms with Crippen LogP contribution >= 0.6 is 0 Å². The van der Waals surface area contributed by atoms with E-state index in [1.807, 2.05) is 12.1 Å². The minimum absolute atomic E-state index is 0.0518. The summed E-state index contributed by atoms with van der Waals surface area (Å²) < 4.78 is 19.9. The zero-order chi connectivity index (χ0) is 35.0. The topological polar surface area (TPSA) is 47.9 Å². The number of rotatable bonds is 21. The van der Waals surface area contributed by atoms with Crippen molar-refractivity contribution in [2.24, 2.45) is 0 Å². The lowest BCUT2D eigenvalue weighted by Crippen LogP contribution is -2.23. The summed E-state index contributed by atoms with van der Waals surface area (Å²) in [5.74, 6) is 3.16. The summed E-state index contributed by atoms with van der Waals surface area (Å²) in [6, 6.07) is 29.1. The van der Waals surface area contributed by atoms with Gasteiger partial charge < -0.3 is 19.3 Å². The summed E-state index contributed by atoms with van der Waals surface area (Å²) in [5, 5.41) is 11.4. The fourth-order valence-corrected chi connectivity index (χ4v) is 6.64. The quantitative estimate of drug-likeness (QED) is 0.0963. The van der Waals surface area contributed by atoms with E-state index in [0.717, 1.165) is 92.6 Å². The molecule has 0 bridgehead atoms. The Bertz CT molecular complexity index is 1560. The Balaban J connectivity index is 1.62. The molecule has 3 unspecified atom stereocenters. The van der Waals surface area contributed by atoms with E-state index in [2.05, 4.69) is 114 Å². The first-order valence-corrected chi connectivity index (χ1v) is 18.9. The highest BCUT2D eigenvalue weighted by Crippen LogP contribution is 2.32. The van der Waals surface area contributed by atoms with Gasteiger partial charge in [-0.2, -0.15) is 0 Å². The van der Waals surface area contributed by atoms with Crippen molar-refractivity contribution in [2.75, 3.05) is 0 Å². The van der Waals surface area contributed by atoms with Gasteiger partial charge in [-0.1, -0.05) is 101 Å². The van der Waals surface area contributed by atoms with E-state index in [1.165, 1.54) is 22.3 Å². The molecule has 0 spiro atoms. The Morgan fingerprint density at radius 1 is 0.449 bits per heavy atom. The summed E-state index contributed by atoms with van der Waals surface area (Å²) in [6.45, 7) is 13.1. The van der Waals surface area contributed by atoms with Crippen molar-refractivity contribution in [3.8, 4) is 23.0 Å². The number of para-hydroxylation sites is 3. The number of aromatic hydroxyl groups is 1. The van der Waals surface area contributed by atoms with Crippen molar-refractivity contribution < 1.29 is 19.3 Å². The van der Waals surface area contributed by atoms with Gasteiger partial charge in [-0.25, -0.2) is 0 Å². The molecule has 4 heteroatoms. The van der Waals surface area contributed by atoms with Gasteiger partial charge in [0.2, 0.25) is 0 Å². The average Bonchev–Trinajstić information content (AvgIpc) is 3.09. The molecule has 4 rings (SSSR count). The number of phenols is 1. The molecule has 0 heterocycles. The van der Waals surface area contributed by atoms with E-state index in [4.69, 9.17) is 14.2 Å². The molecule has 4 aromatic rings. The lowest BCUT2D eigenvalue weighted by molar-refractivity contribution is 0.208. The lowest BCUT2D eigenvalue weighted by Gasteiger charge is -2.25. The van der Waals surface area contributed by atoms with Crippen LogP contribution in [-0.4, -0.2) is 23.4 Å². The molecule has 1 N–H and O–H groups in total. The third kappa shape index (κ3) is 11.6. The largest absolute Gasteiger partial charge is 0.508 e. The predicted molar refractivity (Wildman–Crippen MR) is 205 cm³/mol. The van der Waals surface area contributed by atoms with Crippen LogP contribution in [0.2, 0.25) is 0 Å². The molecule has 4 nitrogen and oxygen atoms in total. The first kappa shape index (κ1) is 37.9. The van der Waals surface area contributed by atoms with Gasteiger partial charge >= 0.3 is 0 Å². The molecular formula is C45H60O4. The SMILES string of the molecule is CCCCc1ccccc1OC(C)Cc1ccc(O)c(CC(C)Oc2ccccc2CCCC)c1CC(C)Oc1ccccc1CCCC. The maximum atomic E-state index is 11.4. The second-order valence-electron chi connectivity index (χ2n) is 13.7. The van der Waals surface area contributed by atoms with Crippen LogP contribution in [0.25, 0.3) is 0 Å². The Kier molecular flexibility index (Phi) is 15.4. The van der Waals surface area contributed by atoms with Gasteiger partial charge in [0.05, 0.1) is 12.2 Å². The highest BCUT2D eigenvalue weighted by Gasteiger charge is 2.22. The number of ether oxygens (including phenoxy) is 3. The summed E-state index contributed by atoms with van der Waals surface area (Å²) >= 11 is 0. The highest BCUT2D eigenvalue weighted by molar-refractivity contribution is 5.46. The Hall–Kier alpha value is -3.92. The van der Waals surface area contributed by atoms with E-state index in [-0.39, 0.29) is 18.3 Å². The Morgan fingerprint density at radius 3 is 1.22 bits per heavy atom. The molecule has 0 aliphatic rings. The molecule has 4 aromatic carbocycles. The van der Waals surface area contributed by atoms with Gasteiger partial charge in [-0.15, -0.1) is 0 Å². The average molecular weight is 665 g/mol. The van der Waals surface area contributed by atoms with Crippen LogP contribution in [0.1, 0.15) is 113 Å². The van der Waals surface area contributed by atoms with Crippen LogP contribution in [0.5, 0.6) is 23.0 Å². The van der Waals surface area contributed by atoms with E-state index in [1.54, 1.807) is 0 Å². The fraction of sp³-hybridized carbons (Fsp3) is 0.467. The number of phenolic OH excluding ortho intramolecular Hbond substituents is 1. The zero-order valence-corrected chi connectivity index (χ0v) is 31.0. The van der Waals surface area contributed by atoms with E-state index < -0.39 is 0 Å².